The van der Waals surface area contributed by atoms with Crippen LogP contribution in [0.15, 0.2) is 46.0 Å². The van der Waals surface area contributed by atoms with E-state index in [1.165, 1.54) is 12.1 Å². The Morgan fingerprint density at radius 2 is 2.12 bits per heavy atom. The van der Waals surface area contributed by atoms with Gasteiger partial charge in [-0.15, -0.1) is 0 Å². The van der Waals surface area contributed by atoms with Crippen LogP contribution in [0.3, 0.4) is 0 Å². The van der Waals surface area contributed by atoms with E-state index in [1.807, 2.05) is 13.0 Å². The number of aromatic nitrogens is 1. The van der Waals surface area contributed by atoms with Crippen molar-refractivity contribution >= 4 is 33.5 Å². The second-order valence-electron chi connectivity index (χ2n) is 5.10. The molecule has 0 radical (unpaired) electrons. The average Bonchev–Trinajstić information content (AvgIpc) is 2.57. The maximum Gasteiger partial charge on any atom is 0.191 e. The van der Waals surface area contributed by atoms with Crippen molar-refractivity contribution in [3.05, 3.63) is 63.1 Å². The lowest BCUT2D eigenvalue weighted by molar-refractivity contribution is 0.625. The molecular weight excluding hydrogens is 395 g/mol. The summed E-state index contributed by atoms with van der Waals surface area (Å²) in [5, 5.41) is 6.92. The van der Waals surface area contributed by atoms with Gasteiger partial charge in [0.05, 0.1) is 6.54 Å². The van der Waals surface area contributed by atoms with E-state index in [4.69, 9.17) is 11.6 Å². The number of benzene rings is 1. The Hall–Kier alpha value is -1.66. The zero-order chi connectivity index (χ0) is 17.4. The number of nitrogens with zero attached hydrogens (tertiary/aromatic N) is 2. The van der Waals surface area contributed by atoms with E-state index in [1.54, 1.807) is 18.3 Å². The highest BCUT2D eigenvalue weighted by Crippen LogP contribution is 2.18. The Morgan fingerprint density at radius 1 is 1.29 bits per heavy atom. The van der Waals surface area contributed by atoms with Gasteiger partial charge >= 0.3 is 0 Å². The van der Waals surface area contributed by atoms with Crippen LogP contribution in [-0.4, -0.2) is 24.0 Å². The number of guanidine groups is 1. The third-order valence-electron chi connectivity index (χ3n) is 3.25. The minimum Gasteiger partial charge on any atom is -0.357 e. The molecule has 128 valence electrons. The second-order valence-corrected chi connectivity index (χ2v) is 6.34. The van der Waals surface area contributed by atoms with E-state index < -0.39 is 0 Å². The molecule has 0 aliphatic rings. The fourth-order valence-corrected chi connectivity index (χ4v) is 2.53. The van der Waals surface area contributed by atoms with Crippen molar-refractivity contribution in [2.75, 3.05) is 13.1 Å². The molecule has 1 aromatic carbocycles. The van der Waals surface area contributed by atoms with Gasteiger partial charge in [-0.25, -0.2) is 14.4 Å². The molecule has 0 aliphatic carbocycles. The zero-order valence-electron chi connectivity index (χ0n) is 13.3. The zero-order valence-corrected chi connectivity index (χ0v) is 15.7. The number of aliphatic imine (C=N–C) groups is 1. The van der Waals surface area contributed by atoms with Crippen LogP contribution in [0.2, 0.25) is 5.15 Å². The molecule has 2 N–H and O–H groups in total. The smallest absolute Gasteiger partial charge is 0.191 e. The van der Waals surface area contributed by atoms with Gasteiger partial charge in [-0.3, -0.25) is 0 Å². The summed E-state index contributed by atoms with van der Waals surface area (Å²) in [6.45, 7) is 3.84. The molecular formula is C17H19BrClFN4. The SMILES string of the molecule is CCNC(=NCc1cc(F)ccc1Br)NCCc1ccc(Cl)nc1. The number of hydrogen-bond acceptors (Lipinski definition) is 2. The quantitative estimate of drug-likeness (QED) is 0.428. The van der Waals surface area contributed by atoms with Crippen molar-refractivity contribution < 1.29 is 4.39 Å². The van der Waals surface area contributed by atoms with Gasteiger partial charge in [-0.05, 0) is 48.7 Å². The molecule has 4 nitrogen and oxygen atoms in total. The Labute approximate surface area is 154 Å². The molecule has 0 aliphatic heterocycles. The standard InChI is InChI=1S/C17H19BrClFN4/c1-2-21-17(22-8-7-12-3-6-16(19)23-10-12)24-11-13-9-14(20)4-5-15(13)18/h3-6,9-10H,2,7-8,11H2,1H3,(H2,21,22,24). The molecule has 0 atom stereocenters. The predicted octanol–water partition coefficient (Wildman–Crippen LogP) is 3.93. The fraction of sp³-hybridized carbons (Fsp3) is 0.294. The molecule has 24 heavy (non-hydrogen) atoms. The predicted molar refractivity (Wildman–Crippen MR) is 99.9 cm³/mol. The molecule has 0 spiro atoms. The summed E-state index contributed by atoms with van der Waals surface area (Å²) in [6, 6.07) is 8.31. The second kappa shape index (κ2) is 9.59. The Kier molecular flexibility index (Phi) is 7.46. The van der Waals surface area contributed by atoms with Crippen LogP contribution in [0, 0.1) is 5.82 Å². The van der Waals surface area contributed by atoms with Gasteiger partial charge in [0.2, 0.25) is 0 Å². The molecule has 1 aromatic heterocycles. The van der Waals surface area contributed by atoms with E-state index in [0.717, 1.165) is 28.6 Å². The molecule has 2 rings (SSSR count). The van der Waals surface area contributed by atoms with E-state index >= 15 is 0 Å². The summed E-state index contributed by atoms with van der Waals surface area (Å²) in [5.41, 5.74) is 1.89. The van der Waals surface area contributed by atoms with Crippen molar-refractivity contribution in [1.82, 2.24) is 15.6 Å². The van der Waals surface area contributed by atoms with E-state index in [9.17, 15) is 4.39 Å². The highest BCUT2D eigenvalue weighted by Gasteiger charge is 2.03. The molecule has 0 bridgehead atoms. The van der Waals surface area contributed by atoms with Crippen molar-refractivity contribution in [1.29, 1.82) is 0 Å². The largest absolute Gasteiger partial charge is 0.357 e. The summed E-state index contributed by atoms with van der Waals surface area (Å²) < 4.78 is 14.2. The van der Waals surface area contributed by atoms with Crippen LogP contribution in [-0.2, 0) is 13.0 Å². The van der Waals surface area contributed by atoms with Crippen molar-refractivity contribution in [2.24, 2.45) is 4.99 Å². The van der Waals surface area contributed by atoms with E-state index in [0.29, 0.717) is 24.2 Å². The van der Waals surface area contributed by atoms with Crippen LogP contribution < -0.4 is 10.6 Å². The highest BCUT2D eigenvalue weighted by atomic mass is 79.9. The van der Waals surface area contributed by atoms with E-state index in [-0.39, 0.29) is 5.82 Å². The lowest BCUT2D eigenvalue weighted by Gasteiger charge is -2.11. The summed E-state index contributed by atoms with van der Waals surface area (Å²) >= 11 is 9.19. The first-order valence-corrected chi connectivity index (χ1v) is 8.82. The van der Waals surface area contributed by atoms with Crippen molar-refractivity contribution in [3.63, 3.8) is 0 Å². The molecule has 0 amide bonds. The molecule has 0 unspecified atom stereocenters. The summed E-state index contributed by atoms with van der Waals surface area (Å²) in [7, 11) is 0. The Balaban J connectivity index is 1.92. The van der Waals surface area contributed by atoms with Crippen molar-refractivity contribution in [2.45, 2.75) is 19.9 Å². The van der Waals surface area contributed by atoms with Gasteiger partial charge in [0.25, 0.3) is 0 Å². The molecule has 0 fully saturated rings. The summed E-state index contributed by atoms with van der Waals surface area (Å²) in [4.78, 5) is 8.55. The molecule has 1 heterocycles. The summed E-state index contributed by atoms with van der Waals surface area (Å²) in [6.07, 6.45) is 2.57. The lowest BCUT2D eigenvalue weighted by atomic mass is 10.2. The van der Waals surface area contributed by atoms with Gasteiger partial charge in [-0.2, -0.15) is 0 Å². The first kappa shape index (κ1) is 18.7. The minimum atomic E-state index is -0.267. The topological polar surface area (TPSA) is 49.3 Å². The average molecular weight is 414 g/mol. The van der Waals surface area contributed by atoms with Gasteiger partial charge in [-0.1, -0.05) is 33.6 Å². The van der Waals surface area contributed by atoms with Gasteiger partial charge < -0.3 is 10.6 Å². The third-order valence-corrected chi connectivity index (χ3v) is 4.25. The van der Waals surface area contributed by atoms with Crippen LogP contribution in [0.4, 0.5) is 4.39 Å². The van der Waals surface area contributed by atoms with E-state index in [2.05, 4.69) is 36.5 Å². The number of halogens is 3. The number of pyridine rings is 1. The Bertz CT molecular complexity index is 691. The van der Waals surface area contributed by atoms with Gasteiger partial charge in [0, 0.05) is 23.8 Å². The maximum absolute atomic E-state index is 13.3. The minimum absolute atomic E-state index is 0.267. The molecule has 2 aromatic rings. The first-order chi connectivity index (χ1) is 11.6. The van der Waals surface area contributed by atoms with Gasteiger partial charge in [0.15, 0.2) is 5.96 Å². The molecule has 7 heteroatoms. The monoisotopic (exact) mass is 412 g/mol. The molecule has 0 saturated carbocycles. The highest BCUT2D eigenvalue weighted by molar-refractivity contribution is 9.10. The fourth-order valence-electron chi connectivity index (χ4n) is 2.05. The van der Waals surface area contributed by atoms with Crippen LogP contribution >= 0.6 is 27.5 Å². The van der Waals surface area contributed by atoms with Crippen LogP contribution in [0.1, 0.15) is 18.1 Å². The van der Waals surface area contributed by atoms with Crippen LogP contribution in [0.5, 0.6) is 0 Å². The number of rotatable bonds is 6. The molecule has 0 saturated heterocycles. The maximum atomic E-state index is 13.3. The summed E-state index contributed by atoms with van der Waals surface area (Å²) in [5.74, 6) is 0.423. The van der Waals surface area contributed by atoms with Gasteiger partial charge in [0.1, 0.15) is 11.0 Å². The van der Waals surface area contributed by atoms with Crippen molar-refractivity contribution in [3.8, 4) is 0 Å². The third kappa shape index (κ3) is 6.09. The number of hydrogen-bond donors (Lipinski definition) is 2. The Morgan fingerprint density at radius 3 is 2.83 bits per heavy atom. The number of nitrogens with one attached hydrogen (secondary N) is 2. The lowest BCUT2D eigenvalue weighted by Crippen LogP contribution is -2.38. The normalized spacial score (nSPS) is 11.4. The first-order valence-electron chi connectivity index (χ1n) is 7.65. The van der Waals surface area contributed by atoms with Crippen LogP contribution in [0.25, 0.3) is 0 Å².